The standard InChI is InChI=1S/C16H15F2NO5S.C11H10F3NO5S/c1-10(16(20)21)19(25(22,23)24)15(11-2-6-13(17)7-3-11)12-4-8-14(18)9-5-12;1-10(9(16)17,21(18,19)20)15-8(11(12,13)14)7-5-3-2-4-6-7/h2-10,15H,1H3,(H,20,21)(H,22,23,24);2-6H,1H3,(H,16,17)(H,18,19,20)/t2*10-/m01/s1. The number of carboxylic acid groups (broad SMARTS) is 2. The van der Waals surface area contributed by atoms with Gasteiger partial charge in [-0.1, -0.05) is 54.6 Å². The lowest BCUT2D eigenvalue weighted by molar-refractivity contribution is -0.141. The zero-order valence-corrected chi connectivity index (χ0v) is 25.1. The molecule has 0 fully saturated rings. The van der Waals surface area contributed by atoms with E-state index in [1.54, 1.807) is 0 Å². The number of rotatable bonds is 10. The van der Waals surface area contributed by atoms with Crippen LogP contribution in [0.25, 0.3) is 0 Å². The van der Waals surface area contributed by atoms with Crippen molar-refractivity contribution in [2.24, 2.45) is 4.99 Å². The zero-order chi connectivity index (χ0) is 35.3. The number of nitrogens with zero attached hydrogens (tertiary/aromatic N) is 2. The number of carboxylic acids is 2. The van der Waals surface area contributed by atoms with Crippen LogP contribution in [0, 0.1) is 11.6 Å². The van der Waals surface area contributed by atoms with Crippen molar-refractivity contribution in [3.05, 3.63) is 107 Å². The number of aliphatic carboxylic acids is 2. The maximum absolute atomic E-state index is 13.2. The summed E-state index contributed by atoms with van der Waals surface area (Å²) in [5, 5.41) is 18.0. The SMILES string of the molecule is C[C@@H](C(=O)O)N(C(c1ccc(F)cc1)c1ccc(F)cc1)S(=O)(=O)O.C[C@](N=C(c1ccccc1)C(F)(F)F)(C(=O)O)S(=O)(=O)O. The fourth-order valence-electron chi connectivity index (χ4n) is 3.76. The monoisotopic (exact) mass is 696 g/mol. The first kappa shape index (κ1) is 37.9. The molecule has 0 aliphatic heterocycles. The number of aliphatic imine (C=N–C) groups is 1. The van der Waals surface area contributed by atoms with Gasteiger partial charge in [-0.15, -0.1) is 0 Å². The number of alkyl halides is 3. The molecule has 4 N–H and O–H groups in total. The Morgan fingerprint density at radius 3 is 1.50 bits per heavy atom. The molecule has 0 aromatic heterocycles. The third-order valence-corrected chi connectivity index (χ3v) is 8.50. The van der Waals surface area contributed by atoms with Gasteiger partial charge in [-0.25, -0.2) is 18.6 Å². The predicted molar refractivity (Wildman–Crippen MR) is 152 cm³/mol. The summed E-state index contributed by atoms with van der Waals surface area (Å²) in [4.78, 5) is 21.7. The Labute approximate surface area is 259 Å². The Kier molecular flexibility index (Phi) is 11.9. The second kappa shape index (κ2) is 14.4. The molecule has 0 aliphatic rings. The molecule has 3 aromatic carbocycles. The van der Waals surface area contributed by atoms with E-state index < -0.39 is 78.4 Å². The van der Waals surface area contributed by atoms with Crippen molar-refractivity contribution in [3.63, 3.8) is 0 Å². The molecule has 3 aromatic rings. The summed E-state index contributed by atoms with van der Waals surface area (Å²) >= 11 is 0. The molecular formula is C27H25F5N2O10S2. The van der Waals surface area contributed by atoms with E-state index in [-0.39, 0.29) is 11.1 Å². The van der Waals surface area contributed by atoms with Crippen LogP contribution in [0.1, 0.15) is 36.6 Å². The van der Waals surface area contributed by atoms with Gasteiger partial charge in [0.2, 0.25) is 0 Å². The van der Waals surface area contributed by atoms with Gasteiger partial charge in [0.25, 0.3) is 4.87 Å². The molecule has 19 heteroatoms. The summed E-state index contributed by atoms with van der Waals surface area (Å²) in [5.41, 5.74) is -1.83. The smallest absolute Gasteiger partial charge is 0.433 e. The van der Waals surface area contributed by atoms with Crippen molar-refractivity contribution in [2.45, 2.75) is 37.0 Å². The second-order valence-corrected chi connectivity index (χ2v) is 12.5. The fourth-order valence-corrected chi connectivity index (χ4v) is 5.19. The molecule has 0 aliphatic carbocycles. The second-order valence-electron chi connectivity index (χ2n) is 9.41. The minimum absolute atomic E-state index is 0.207. The Balaban J connectivity index is 0.000000326. The van der Waals surface area contributed by atoms with Gasteiger partial charge in [-0.05, 0) is 49.2 Å². The Morgan fingerprint density at radius 1 is 0.783 bits per heavy atom. The summed E-state index contributed by atoms with van der Waals surface area (Å²) in [6.07, 6.45) is -5.11. The lowest BCUT2D eigenvalue weighted by atomic mass is 9.97. The van der Waals surface area contributed by atoms with Crippen LogP contribution in [-0.2, 0) is 30.0 Å². The van der Waals surface area contributed by atoms with Gasteiger partial charge in [0.15, 0.2) is 0 Å². The largest absolute Gasteiger partial charge is 0.480 e. The maximum atomic E-state index is 13.2. The first-order chi connectivity index (χ1) is 21.0. The van der Waals surface area contributed by atoms with E-state index in [0.717, 1.165) is 43.3 Å². The number of benzene rings is 3. The van der Waals surface area contributed by atoms with E-state index in [2.05, 4.69) is 4.99 Å². The highest BCUT2D eigenvalue weighted by Gasteiger charge is 2.50. The molecule has 0 unspecified atom stereocenters. The zero-order valence-electron chi connectivity index (χ0n) is 23.5. The average Bonchev–Trinajstić information content (AvgIpc) is 2.94. The van der Waals surface area contributed by atoms with Crippen molar-refractivity contribution in [2.75, 3.05) is 0 Å². The van der Waals surface area contributed by atoms with Gasteiger partial charge < -0.3 is 10.2 Å². The van der Waals surface area contributed by atoms with Gasteiger partial charge in [0.05, 0.1) is 6.04 Å². The average molecular weight is 697 g/mol. The Bertz CT molecular complexity index is 1740. The molecule has 0 radical (unpaired) electrons. The summed E-state index contributed by atoms with van der Waals surface area (Å²) in [7, 11) is -10.4. The summed E-state index contributed by atoms with van der Waals surface area (Å²) in [6.45, 7) is 1.44. The first-order valence-corrected chi connectivity index (χ1v) is 15.3. The fraction of sp³-hybridized carbons (Fsp3) is 0.222. The molecule has 0 spiro atoms. The van der Waals surface area contributed by atoms with Crippen LogP contribution in [0.5, 0.6) is 0 Å². The lowest BCUT2D eigenvalue weighted by Crippen LogP contribution is -2.45. The summed E-state index contributed by atoms with van der Waals surface area (Å²) in [5.74, 6) is -4.88. The van der Waals surface area contributed by atoms with Crippen molar-refractivity contribution in [1.29, 1.82) is 0 Å². The van der Waals surface area contributed by atoms with Crippen LogP contribution in [-0.4, -0.2) is 75.2 Å². The van der Waals surface area contributed by atoms with Crippen molar-refractivity contribution >= 4 is 38.1 Å². The lowest BCUT2D eigenvalue weighted by Gasteiger charge is -2.32. The third kappa shape index (κ3) is 9.36. The van der Waals surface area contributed by atoms with Crippen LogP contribution < -0.4 is 0 Å². The molecule has 0 saturated heterocycles. The van der Waals surface area contributed by atoms with Gasteiger partial charge in [0.1, 0.15) is 23.4 Å². The Morgan fingerprint density at radius 2 is 1.20 bits per heavy atom. The summed E-state index contributed by atoms with van der Waals surface area (Å²) < 4.78 is 130. The third-order valence-electron chi connectivity index (χ3n) is 6.17. The Hall–Kier alpha value is -4.30. The van der Waals surface area contributed by atoms with Gasteiger partial charge in [-0.2, -0.15) is 34.3 Å². The van der Waals surface area contributed by atoms with Crippen LogP contribution in [0.2, 0.25) is 0 Å². The number of halogens is 5. The van der Waals surface area contributed by atoms with E-state index in [4.69, 9.17) is 9.66 Å². The van der Waals surface area contributed by atoms with E-state index in [9.17, 15) is 58.0 Å². The number of hydrogen-bond donors (Lipinski definition) is 4. The molecule has 250 valence electrons. The van der Waals surface area contributed by atoms with E-state index in [1.807, 2.05) is 0 Å². The molecule has 2 atom stereocenters. The van der Waals surface area contributed by atoms with E-state index in [1.165, 1.54) is 42.5 Å². The highest BCUT2D eigenvalue weighted by molar-refractivity contribution is 7.88. The van der Waals surface area contributed by atoms with Gasteiger partial charge in [-0.3, -0.25) is 13.9 Å². The quantitative estimate of drug-likeness (QED) is 0.134. The normalized spacial score (nSPS) is 14.6. The first-order valence-electron chi connectivity index (χ1n) is 12.4. The number of hydrogen-bond acceptors (Lipinski definition) is 7. The molecular weight excluding hydrogens is 671 g/mol. The molecule has 0 amide bonds. The van der Waals surface area contributed by atoms with E-state index >= 15 is 0 Å². The van der Waals surface area contributed by atoms with Gasteiger partial charge >= 0.3 is 38.5 Å². The molecule has 12 nitrogen and oxygen atoms in total. The van der Waals surface area contributed by atoms with Crippen LogP contribution in [0.15, 0.2) is 83.9 Å². The number of carbonyl (C=O) groups is 2. The maximum Gasteiger partial charge on any atom is 0.433 e. The topological polar surface area (TPSA) is 199 Å². The highest BCUT2D eigenvalue weighted by atomic mass is 32.2. The van der Waals surface area contributed by atoms with Crippen LogP contribution in [0.3, 0.4) is 0 Å². The van der Waals surface area contributed by atoms with Crippen molar-refractivity contribution in [1.82, 2.24) is 4.31 Å². The predicted octanol–water partition coefficient (Wildman–Crippen LogP) is 4.36. The van der Waals surface area contributed by atoms with Gasteiger partial charge in [0, 0.05) is 5.56 Å². The van der Waals surface area contributed by atoms with E-state index in [0.29, 0.717) is 11.2 Å². The molecule has 0 heterocycles. The molecule has 0 saturated carbocycles. The van der Waals surface area contributed by atoms with Crippen LogP contribution in [0.4, 0.5) is 22.0 Å². The minimum Gasteiger partial charge on any atom is -0.480 e. The van der Waals surface area contributed by atoms with Crippen molar-refractivity contribution in [3.8, 4) is 0 Å². The highest BCUT2D eigenvalue weighted by Crippen LogP contribution is 2.33. The van der Waals surface area contributed by atoms with Crippen molar-refractivity contribution < 1.29 is 67.7 Å². The minimum atomic E-state index is -5.41. The summed E-state index contributed by atoms with van der Waals surface area (Å²) in [6, 6.07) is 12.3. The molecule has 0 bridgehead atoms. The molecule has 46 heavy (non-hydrogen) atoms. The molecule has 3 rings (SSSR count). The van der Waals surface area contributed by atoms with Crippen LogP contribution >= 0.6 is 0 Å².